The highest BCUT2D eigenvalue weighted by Gasteiger charge is 2.05. The molecule has 0 aromatic carbocycles. The molecule has 0 amide bonds. The molecule has 0 saturated carbocycles. The van der Waals surface area contributed by atoms with Gasteiger partial charge in [0.15, 0.2) is 0 Å². The monoisotopic (exact) mass is 124 g/mol. The summed E-state index contributed by atoms with van der Waals surface area (Å²) in [5, 5.41) is 0. The van der Waals surface area contributed by atoms with Crippen LogP contribution in [0.4, 0.5) is 0 Å². The quantitative estimate of drug-likeness (QED) is 0.470. The van der Waals surface area contributed by atoms with Crippen LogP contribution in [0.5, 0.6) is 0 Å². The zero-order chi connectivity index (χ0) is 7.78. The third-order valence-electron chi connectivity index (χ3n) is 1.36. The summed E-state index contributed by atoms with van der Waals surface area (Å²) in [4.78, 5) is 4.24. The van der Waals surface area contributed by atoms with Gasteiger partial charge in [0.05, 0.1) is 0 Å². The average Bonchev–Trinajstić information content (AvgIpc) is 1.54. The van der Waals surface area contributed by atoms with E-state index in [9.17, 15) is 0 Å². The molecule has 0 bridgehead atoms. The molecule has 1 atom stereocenters. The fraction of sp³-hybridized carbons (Fsp3) is 0.625. The Morgan fingerprint density at radius 2 is 2.44 bits per heavy atom. The van der Waals surface area contributed by atoms with Gasteiger partial charge >= 0.3 is 0 Å². The van der Waals surface area contributed by atoms with Gasteiger partial charge in [0.1, 0.15) is 0 Å². The van der Waals surface area contributed by atoms with Crippen LogP contribution in [-0.2, 0) is 0 Å². The molecule has 0 saturated heterocycles. The molecular weight excluding hydrogens is 110 g/mol. The van der Waals surface area contributed by atoms with Crippen LogP contribution in [0.1, 0.15) is 28.6 Å². The van der Waals surface area contributed by atoms with Gasteiger partial charge in [-0.1, -0.05) is 13.0 Å². The minimum absolute atomic E-state index is 0.421. The molecule has 1 heterocycles. The second kappa shape index (κ2) is 2.34. The number of allylic oxidation sites excluding steroid dienone is 2. The number of hydrogen-bond donors (Lipinski definition) is 0. The van der Waals surface area contributed by atoms with Gasteiger partial charge in [0.2, 0.25) is 0 Å². The minimum Gasteiger partial charge on any atom is -0.263 e. The van der Waals surface area contributed by atoms with E-state index in [4.69, 9.17) is 1.37 Å². The van der Waals surface area contributed by atoms with Crippen LogP contribution in [0.2, 0.25) is 0 Å². The van der Waals surface area contributed by atoms with E-state index in [2.05, 4.69) is 4.99 Å². The van der Waals surface area contributed by atoms with Gasteiger partial charge in [-0.15, -0.1) is 0 Å². The van der Waals surface area contributed by atoms with E-state index in [1.807, 2.05) is 26.8 Å². The molecule has 1 unspecified atom stereocenters. The van der Waals surface area contributed by atoms with Crippen molar-refractivity contribution in [1.82, 2.24) is 0 Å². The summed E-state index contributed by atoms with van der Waals surface area (Å²) in [6.45, 7) is 5.83. The van der Waals surface area contributed by atoms with Crippen molar-refractivity contribution in [3.8, 4) is 0 Å². The van der Waals surface area contributed by atoms with E-state index in [1.54, 1.807) is 0 Å². The fourth-order valence-electron chi connectivity index (χ4n) is 1.18. The van der Waals surface area contributed by atoms with Crippen LogP contribution >= 0.6 is 0 Å². The lowest BCUT2D eigenvalue weighted by molar-refractivity contribution is 0.742. The summed E-state index contributed by atoms with van der Waals surface area (Å²) in [6, 6.07) is 0. The van der Waals surface area contributed by atoms with Gasteiger partial charge < -0.3 is 0 Å². The van der Waals surface area contributed by atoms with Gasteiger partial charge in [-0.3, -0.25) is 4.99 Å². The maximum Gasteiger partial charge on any atom is 0.0348 e. The molecule has 1 rings (SSSR count). The maximum absolute atomic E-state index is 7.73. The van der Waals surface area contributed by atoms with Crippen molar-refractivity contribution in [2.24, 2.45) is 10.9 Å². The third-order valence-corrected chi connectivity index (χ3v) is 1.36. The Morgan fingerprint density at radius 3 is 2.89 bits per heavy atom. The summed E-state index contributed by atoms with van der Waals surface area (Å²) in [5.41, 5.74) is 2.04. The Hall–Kier alpha value is -0.590. The first kappa shape index (κ1) is 5.21. The molecule has 1 aliphatic heterocycles. The minimum atomic E-state index is -0.421. The highest BCUT2D eigenvalue weighted by Crippen LogP contribution is 2.15. The second-order valence-electron chi connectivity index (χ2n) is 2.66. The van der Waals surface area contributed by atoms with E-state index < -0.39 is 5.89 Å². The van der Waals surface area contributed by atoms with Crippen LogP contribution in [0, 0.1) is 5.89 Å². The highest BCUT2D eigenvalue weighted by atomic mass is 14.8. The molecule has 0 fully saturated rings. The molecule has 0 radical (unpaired) electrons. The topological polar surface area (TPSA) is 12.4 Å². The first-order valence-corrected chi connectivity index (χ1v) is 3.23. The van der Waals surface area contributed by atoms with Crippen molar-refractivity contribution in [3.63, 3.8) is 0 Å². The lowest BCUT2D eigenvalue weighted by Crippen LogP contribution is -2.04. The Morgan fingerprint density at radius 1 is 1.78 bits per heavy atom. The first-order valence-electron chi connectivity index (χ1n) is 3.73. The van der Waals surface area contributed by atoms with E-state index >= 15 is 0 Å². The summed E-state index contributed by atoms with van der Waals surface area (Å²) < 4.78 is 7.73. The van der Waals surface area contributed by atoms with Crippen LogP contribution in [0.25, 0.3) is 0 Å². The molecule has 1 heteroatoms. The summed E-state index contributed by atoms with van der Waals surface area (Å²) >= 11 is 0. The molecule has 1 nitrogen and oxygen atoms in total. The van der Waals surface area contributed by atoms with E-state index in [-0.39, 0.29) is 0 Å². The SMILES string of the molecule is [2H]C1(C)C=C(C)N=C(C)C1. The van der Waals surface area contributed by atoms with Gasteiger partial charge in [-0.05, 0) is 26.2 Å². The standard InChI is InChI=1S/C8H13N/c1-6-4-7(2)9-8(3)5-6/h4,6H,5H2,1-3H3/i6D. The Labute approximate surface area is 57.9 Å². The van der Waals surface area contributed by atoms with Crippen LogP contribution < -0.4 is 0 Å². The van der Waals surface area contributed by atoms with Crippen LogP contribution in [-0.4, -0.2) is 5.71 Å². The van der Waals surface area contributed by atoms with Crippen molar-refractivity contribution in [2.45, 2.75) is 27.2 Å². The molecule has 0 aromatic heterocycles. The van der Waals surface area contributed by atoms with Gasteiger partial charge in [-0.2, -0.15) is 0 Å². The molecule has 9 heavy (non-hydrogen) atoms. The number of aliphatic imine (C=N–C) groups is 1. The van der Waals surface area contributed by atoms with Crippen molar-refractivity contribution in [3.05, 3.63) is 11.8 Å². The van der Waals surface area contributed by atoms with Gasteiger partial charge in [0, 0.05) is 12.8 Å². The van der Waals surface area contributed by atoms with E-state index in [1.165, 1.54) is 0 Å². The lowest BCUT2D eigenvalue weighted by atomic mass is 10.0. The van der Waals surface area contributed by atoms with Crippen LogP contribution in [0.15, 0.2) is 16.8 Å². The lowest BCUT2D eigenvalue weighted by Gasteiger charge is -2.12. The van der Waals surface area contributed by atoms with Crippen LogP contribution in [0.3, 0.4) is 0 Å². The molecule has 0 spiro atoms. The van der Waals surface area contributed by atoms with Crippen molar-refractivity contribution < 1.29 is 1.37 Å². The summed E-state index contributed by atoms with van der Waals surface area (Å²) in [6.07, 6.45) is 2.67. The predicted octanol–water partition coefficient (Wildman–Crippen LogP) is 2.39. The number of nitrogens with zero attached hydrogens (tertiary/aromatic N) is 1. The van der Waals surface area contributed by atoms with E-state index in [0.29, 0.717) is 0 Å². The fourth-order valence-corrected chi connectivity index (χ4v) is 1.18. The van der Waals surface area contributed by atoms with Gasteiger partial charge in [0.25, 0.3) is 0 Å². The molecule has 1 aliphatic rings. The Kier molecular flexibility index (Phi) is 1.36. The Balaban J connectivity index is 2.88. The molecule has 50 valence electrons. The third kappa shape index (κ3) is 1.67. The largest absolute Gasteiger partial charge is 0.263 e. The first-order chi connectivity index (χ1) is 4.49. The second-order valence-corrected chi connectivity index (χ2v) is 2.66. The predicted molar refractivity (Wildman–Crippen MR) is 40.6 cm³/mol. The van der Waals surface area contributed by atoms with Crippen molar-refractivity contribution in [2.75, 3.05) is 0 Å². The van der Waals surface area contributed by atoms with Crippen molar-refractivity contribution in [1.29, 1.82) is 0 Å². The normalized spacial score (nSPS) is 37.0. The average molecular weight is 124 g/mol. The molecular formula is C8H13N. The molecule has 0 aromatic rings. The summed E-state index contributed by atoms with van der Waals surface area (Å²) in [5.74, 6) is -0.421. The number of hydrogen-bond acceptors (Lipinski definition) is 1. The van der Waals surface area contributed by atoms with Crippen molar-refractivity contribution >= 4 is 5.71 Å². The molecule has 0 N–H and O–H groups in total. The zero-order valence-electron chi connectivity index (χ0n) is 7.23. The van der Waals surface area contributed by atoms with E-state index in [0.717, 1.165) is 17.8 Å². The Bertz CT molecular complexity index is 201. The van der Waals surface area contributed by atoms with Gasteiger partial charge in [-0.25, -0.2) is 0 Å². The number of rotatable bonds is 0. The summed E-state index contributed by atoms with van der Waals surface area (Å²) in [7, 11) is 0. The zero-order valence-corrected chi connectivity index (χ0v) is 6.23. The highest BCUT2D eigenvalue weighted by molar-refractivity contribution is 5.84. The maximum atomic E-state index is 7.73. The molecule has 0 aliphatic carbocycles. The smallest absolute Gasteiger partial charge is 0.0348 e.